The van der Waals surface area contributed by atoms with E-state index in [0.29, 0.717) is 12.3 Å². The normalized spacial score (nSPS) is 14.7. The molecule has 2 aliphatic rings. The van der Waals surface area contributed by atoms with Gasteiger partial charge in [0.1, 0.15) is 0 Å². The quantitative estimate of drug-likeness (QED) is 0.559. The average molecular weight is 430 g/mol. The molecule has 0 spiro atoms. The van der Waals surface area contributed by atoms with Crippen LogP contribution in [-0.2, 0) is 13.0 Å². The molecule has 0 bridgehead atoms. The van der Waals surface area contributed by atoms with Crippen molar-refractivity contribution < 1.29 is 14.6 Å². The minimum Gasteiger partial charge on any atom is -0.504 e. The summed E-state index contributed by atoms with van der Waals surface area (Å²) in [5.41, 5.74) is 5.46. The molecule has 0 aromatic heterocycles. The number of nitrogens with one attached hydrogen (secondary N) is 1. The van der Waals surface area contributed by atoms with Crippen LogP contribution in [0.15, 0.2) is 66.7 Å². The summed E-state index contributed by atoms with van der Waals surface area (Å²) >= 11 is 0. The Kier molecular flexibility index (Phi) is 5.35. The van der Waals surface area contributed by atoms with Gasteiger partial charge in [0, 0.05) is 36.2 Å². The Labute approximate surface area is 188 Å². The third-order valence-electron chi connectivity index (χ3n) is 6.16. The van der Waals surface area contributed by atoms with Gasteiger partial charge in [-0.05, 0) is 72.9 Å². The lowest BCUT2D eigenvalue weighted by Crippen LogP contribution is -2.36. The van der Waals surface area contributed by atoms with Gasteiger partial charge in [0.2, 0.25) is 0 Å². The third-order valence-corrected chi connectivity index (χ3v) is 6.16. The largest absolute Gasteiger partial charge is 0.504 e. The number of para-hydroxylation sites is 1. The van der Waals surface area contributed by atoms with Crippen molar-refractivity contribution in [3.63, 3.8) is 0 Å². The number of nitrogens with zero attached hydrogens (tertiary/aromatic N) is 2. The Bertz CT molecular complexity index is 1130. The van der Waals surface area contributed by atoms with Crippen molar-refractivity contribution in [2.75, 3.05) is 23.9 Å². The molecule has 1 heterocycles. The molecule has 2 N–H and O–H groups in total. The van der Waals surface area contributed by atoms with Gasteiger partial charge in [-0.15, -0.1) is 0 Å². The molecule has 32 heavy (non-hydrogen) atoms. The lowest BCUT2D eigenvalue weighted by atomic mass is 10.2. The number of methoxy groups -OCH3 is 1. The number of carbonyl (C=O) groups excluding carboxylic acids is 1. The number of carbonyl (C=O) groups is 1. The lowest BCUT2D eigenvalue weighted by Gasteiger charge is -2.24. The van der Waals surface area contributed by atoms with Crippen LogP contribution in [0.3, 0.4) is 0 Å². The smallest absolute Gasteiger partial charge is 0.322 e. The summed E-state index contributed by atoms with van der Waals surface area (Å²) in [6, 6.07) is 21.9. The molecule has 3 aromatic rings. The van der Waals surface area contributed by atoms with Gasteiger partial charge in [0.25, 0.3) is 0 Å². The van der Waals surface area contributed by atoms with Crippen molar-refractivity contribution in [1.82, 2.24) is 4.90 Å². The predicted molar refractivity (Wildman–Crippen MR) is 126 cm³/mol. The molecule has 6 heteroatoms. The van der Waals surface area contributed by atoms with Crippen molar-refractivity contribution >= 4 is 23.1 Å². The zero-order chi connectivity index (χ0) is 22.1. The SMILES string of the molecule is COc1cc(CN(C(=O)Nc2ccc(N3CCc4ccccc43)cc2)C2CC2)ccc1O. The number of aromatic hydroxyl groups is 1. The van der Waals surface area contributed by atoms with Crippen molar-refractivity contribution in [3.05, 3.63) is 77.9 Å². The van der Waals surface area contributed by atoms with Gasteiger partial charge in [-0.25, -0.2) is 4.79 Å². The highest BCUT2D eigenvalue weighted by Gasteiger charge is 2.33. The Morgan fingerprint density at radius 3 is 2.66 bits per heavy atom. The molecule has 1 fully saturated rings. The molecule has 1 aliphatic carbocycles. The van der Waals surface area contributed by atoms with Gasteiger partial charge in [-0.1, -0.05) is 24.3 Å². The fourth-order valence-corrected chi connectivity index (χ4v) is 4.30. The zero-order valence-corrected chi connectivity index (χ0v) is 18.1. The number of ether oxygens (including phenoxy) is 1. The summed E-state index contributed by atoms with van der Waals surface area (Å²) in [7, 11) is 1.52. The maximum absolute atomic E-state index is 13.0. The van der Waals surface area contributed by atoms with Crippen LogP contribution in [0.2, 0.25) is 0 Å². The standard InChI is InChI=1S/C26H27N3O3/c1-32-25-16-18(6-13-24(25)30)17-29(22-11-12-22)26(31)27-20-7-9-21(10-8-20)28-15-14-19-4-2-3-5-23(19)28/h2-10,13,16,22,30H,11-12,14-15,17H2,1H3,(H,27,31). The van der Waals surface area contributed by atoms with E-state index in [4.69, 9.17) is 4.74 Å². The Hall–Kier alpha value is -3.67. The molecule has 1 aliphatic heterocycles. The Morgan fingerprint density at radius 1 is 1.12 bits per heavy atom. The van der Waals surface area contributed by atoms with E-state index in [1.165, 1.54) is 18.4 Å². The van der Waals surface area contributed by atoms with Crippen molar-refractivity contribution in [2.24, 2.45) is 0 Å². The number of phenolic OH excluding ortho intramolecular Hbond substituents is 1. The first kappa shape index (κ1) is 20.2. The van der Waals surface area contributed by atoms with Crippen LogP contribution in [0.5, 0.6) is 11.5 Å². The molecule has 0 saturated heterocycles. The number of benzene rings is 3. The van der Waals surface area contributed by atoms with E-state index in [9.17, 15) is 9.90 Å². The molecule has 0 unspecified atom stereocenters. The second kappa shape index (κ2) is 8.46. The number of hydrogen-bond acceptors (Lipinski definition) is 4. The number of amides is 2. The fourth-order valence-electron chi connectivity index (χ4n) is 4.30. The molecule has 6 nitrogen and oxygen atoms in total. The number of urea groups is 1. The maximum atomic E-state index is 13.0. The molecule has 1 saturated carbocycles. The summed E-state index contributed by atoms with van der Waals surface area (Å²) in [4.78, 5) is 17.2. The van der Waals surface area contributed by atoms with Gasteiger partial charge in [-0.2, -0.15) is 0 Å². The van der Waals surface area contributed by atoms with Crippen molar-refractivity contribution in [1.29, 1.82) is 0 Å². The second-order valence-corrected chi connectivity index (χ2v) is 8.37. The molecule has 3 aromatic carbocycles. The summed E-state index contributed by atoms with van der Waals surface area (Å²) < 4.78 is 5.20. The van der Waals surface area contributed by atoms with Crippen LogP contribution in [0.4, 0.5) is 21.9 Å². The fraction of sp³-hybridized carbons (Fsp3) is 0.269. The molecule has 164 valence electrons. The van der Waals surface area contributed by atoms with Crippen LogP contribution >= 0.6 is 0 Å². The van der Waals surface area contributed by atoms with Gasteiger partial charge < -0.3 is 25.0 Å². The van der Waals surface area contributed by atoms with Gasteiger partial charge >= 0.3 is 6.03 Å². The first-order chi connectivity index (χ1) is 15.6. The third kappa shape index (κ3) is 4.08. The van der Waals surface area contributed by atoms with Crippen LogP contribution in [-0.4, -0.2) is 35.7 Å². The maximum Gasteiger partial charge on any atom is 0.322 e. The minimum atomic E-state index is -0.112. The van der Waals surface area contributed by atoms with E-state index in [-0.39, 0.29) is 17.8 Å². The number of fused-ring (bicyclic) bond motifs is 1. The first-order valence-corrected chi connectivity index (χ1v) is 11.0. The Balaban J connectivity index is 1.27. The minimum absolute atomic E-state index is 0.0967. The highest BCUT2D eigenvalue weighted by atomic mass is 16.5. The topological polar surface area (TPSA) is 65.0 Å². The van der Waals surface area contributed by atoms with E-state index in [1.54, 1.807) is 12.1 Å². The highest BCUT2D eigenvalue weighted by molar-refractivity contribution is 5.90. The molecule has 0 radical (unpaired) electrons. The van der Waals surface area contributed by atoms with Crippen LogP contribution in [0.1, 0.15) is 24.0 Å². The first-order valence-electron chi connectivity index (χ1n) is 11.0. The molecule has 0 atom stereocenters. The summed E-state index contributed by atoms with van der Waals surface area (Å²) in [6.07, 6.45) is 3.07. The van der Waals surface area contributed by atoms with Gasteiger partial charge in [-0.3, -0.25) is 0 Å². The summed E-state index contributed by atoms with van der Waals surface area (Å²) in [6.45, 7) is 1.44. The molecular formula is C26H27N3O3. The van der Waals surface area contributed by atoms with E-state index in [1.807, 2.05) is 23.1 Å². The van der Waals surface area contributed by atoms with E-state index >= 15 is 0 Å². The number of anilines is 3. The van der Waals surface area contributed by atoms with Crippen molar-refractivity contribution in [3.8, 4) is 11.5 Å². The predicted octanol–water partition coefficient (Wildman–Crippen LogP) is 5.29. The van der Waals surface area contributed by atoms with Crippen LogP contribution in [0.25, 0.3) is 0 Å². The highest BCUT2D eigenvalue weighted by Crippen LogP contribution is 2.35. The van der Waals surface area contributed by atoms with Crippen LogP contribution in [0, 0.1) is 0 Å². The van der Waals surface area contributed by atoms with Crippen LogP contribution < -0.4 is 15.0 Å². The number of phenols is 1. The van der Waals surface area contributed by atoms with E-state index < -0.39 is 0 Å². The lowest BCUT2D eigenvalue weighted by molar-refractivity contribution is 0.206. The number of rotatable bonds is 6. The van der Waals surface area contributed by atoms with E-state index in [0.717, 1.165) is 42.7 Å². The Morgan fingerprint density at radius 2 is 1.91 bits per heavy atom. The van der Waals surface area contributed by atoms with Crippen molar-refractivity contribution in [2.45, 2.75) is 31.8 Å². The van der Waals surface area contributed by atoms with Gasteiger partial charge in [0.15, 0.2) is 11.5 Å². The summed E-state index contributed by atoms with van der Waals surface area (Å²) in [5.74, 6) is 0.511. The van der Waals surface area contributed by atoms with E-state index in [2.05, 4.69) is 46.6 Å². The second-order valence-electron chi connectivity index (χ2n) is 8.37. The average Bonchev–Trinajstić information content (AvgIpc) is 3.57. The monoisotopic (exact) mass is 429 g/mol. The van der Waals surface area contributed by atoms with Gasteiger partial charge in [0.05, 0.1) is 7.11 Å². The number of hydrogen-bond donors (Lipinski definition) is 2. The zero-order valence-electron chi connectivity index (χ0n) is 18.1. The molecule has 2 amide bonds. The summed E-state index contributed by atoms with van der Waals surface area (Å²) in [5, 5.41) is 12.9. The molecule has 5 rings (SSSR count). The molecular weight excluding hydrogens is 402 g/mol.